The number of pyridine rings is 1. The zero-order valence-electron chi connectivity index (χ0n) is 13.5. The van der Waals surface area contributed by atoms with Crippen molar-refractivity contribution in [2.24, 2.45) is 0 Å². The summed E-state index contributed by atoms with van der Waals surface area (Å²) in [5.41, 5.74) is 2.61. The van der Waals surface area contributed by atoms with Gasteiger partial charge in [0.05, 0.1) is 17.9 Å². The van der Waals surface area contributed by atoms with E-state index in [9.17, 15) is 10.0 Å². The number of carbonyl (C=O) groups is 1. The van der Waals surface area contributed by atoms with E-state index in [4.69, 9.17) is 4.74 Å². The number of hydrogen-bond donors (Lipinski definition) is 1. The van der Waals surface area contributed by atoms with Gasteiger partial charge in [-0.15, -0.1) is 0 Å². The average Bonchev–Trinajstić information content (AvgIpc) is 2.63. The monoisotopic (exact) mass is 336 g/mol. The fourth-order valence-corrected chi connectivity index (χ4v) is 2.23. The molecule has 126 valence electrons. The van der Waals surface area contributed by atoms with E-state index < -0.39 is 0 Å². The Morgan fingerprint density at radius 3 is 2.80 bits per heavy atom. The van der Waals surface area contributed by atoms with E-state index in [2.05, 4.69) is 15.3 Å². The van der Waals surface area contributed by atoms with Crippen LogP contribution < -0.4 is 10.0 Å². The van der Waals surface area contributed by atoms with Gasteiger partial charge < -0.3 is 15.3 Å². The Hall–Kier alpha value is -3.48. The Bertz CT molecular complexity index is 881. The predicted molar refractivity (Wildman–Crippen MR) is 92.1 cm³/mol. The summed E-state index contributed by atoms with van der Waals surface area (Å²) >= 11 is 0. The van der Waals surface area contributed by atoms with Crippen molar-refractivity contribution in [3.63, 3.8) is 0 Å². The number of nitrogens with one attached hydrogen (secondary N) is 1. The van der Waals surface area contributed by atoms with Gasteiger partial charge in [-0.2, -0.15) is 4.73 Å². The number of benzene rings is 1. The van der Waals surface area contributed by atoms with Gasteiger partial charge in [0, 0.05) is 29.6 Å². The molecule has 0 fully saturated rings. The molecule has 0 spiro atoms. The highest BCUT2D eigenvalue weighted by Crippen LogP contribution is 2.19. The van der Waals surface area contributed by atoms with Crippen LogP contribution in [0.3, 0.4) is 0 Å². The third-order valence-corrected chi connectivity index (χ3v) is 3.38. The largest absolute Gasteiger partial charge is 0.619 e. The summed E-state index contributed by atoms with van der Waals surface area (Å²) in [5, 5.41) is 14.2. The van der Waals surface area contributed by atoms with Crippen molar-refractivity contribution in [3.05, 3.63) is 71.8 Å². The molecule has 0 aliphatic rings. The van der Waals surface area contributed by atoms with Crippen molar-refractivity contribution in [3.8, 4) is 11.3 Å². The maximum atomic E-state index is 11.8. The fourth-order valence-electron chi connectivity index (χ4n) is 2.23. The molecule has 0 amide bonds. The molecule has 3 aromatic rings. The van der Waals surface area contributed by atoms with E-state index in [0.717, 1.165) is 5.56 Å². The van der Waals surface area contributed by atoms with Crippen LogP contribution in [0.2, 0.25) is 0 Å². The summed E-state index contributed by atoms with van der Waals surface area (Å²) in [6.07, 6.45) is 4.44. The molecule has 25 heavy (non-hydrogen) atoms. The van der Waals surface area contributed by atoms with Crippen LogP contribution in [0.25, 0.3) is 11.3 Å². The summed E-state index contributed by atoms with van der Waals surface area (Å²) in [6.45, 7) is 2.08. The molecule has 7 nitrogen and oxygen atoms in total. The van der Waals surface area contributed by atoms with Crippen LogP contribution in [0, 0.1) is 5.21 Å². The molecule has 1 aromatic carbocycles. The molecule has 0 saturated heterocycles. The van der Waals surface area contributed by atoms with E-state index in [1.165, 1.54) is 12.4 Å². The number of esters is 1. The quantitative estimate of drug-likeness (QED) is 0.437. The molecule has 0 bridgehead atoms. The lowest BCUT2D eigenvalue weighted by molar-refractivity contribution is -0.605. The second-order valence-corrected chi connectivity index (χ2v) is 5.14. The van der Waals surface area contributed by atoms with E-state index in [1.807, 2.05) is 6.07 Å². The topological polar surface area (TPSA) is 91.0 Å². The second kappa shape index (κ2) is 7.39. The molecule has 3 rings (SSSR count). The molecule has 0 aliphatic heterocycles. The number of hydrogen-bond acceptors (Lipinski definition) is 6. The van der Waals surface area contributed by atoms with E-state index in [0.29, 0.717) is 34.2 Å². The molecule has 0 saturated carbocycles. The van der Waals surface area contributed by atoms with Crippen molar-refractivity contribution < 1.29 is 14.3 Å². The van der Waals surface area contributed by atoms with Crippen LogP contribution in [0.5, 0.6) is 0 Å². The smallest absolute Gasteiger partial charge is 0.338 e. The van der Waals surface area contributed by atoms with E-state index in [1.54, 1.807) is 49.5 Å². The highest BCUT2D eigenvalue weighted by molar-refractivity contribution is 5.90. The minimum Gasteiger partial charge on any atom is -0.619 e. The first-order valence-corrected chi connectivity index (χ1v) is 7.72. The highest BCUT2D eigenvalue weighted by Gasteiger charge is 2.08. The summed E-state index contributed by atoms with van der Waals surface area (Å²) in [4.78, 5) is 20.4. The highest BCUT2D eigenvalue weighted by atomic mass is 16.5. The lowest BCUT2D eigenvalue weighted by Gasteiger charge is -2.08. The molecule has 0 aliphatic carbocycles. The summed E-state index contributed by atoms with van der Waals surface area (Å²) < 4.78 is 5.71. The minimum absolute atomic E-state index is 0.322. The molecule has 1 N–H and O–H groups in total. The molecule has 2 heterocycles. The maximum Gasteiger partial charge on any atom is 0.338 e. The third kappa shape index (κ3) is 4.08. The first-order valence-electron chi connectivity index (χ1n) is 7.72. The van der Waals surface area contributed by atoms with Gasteiger partial charge in [0.25, 0.3) is 0 Å². The normalized spacial score (nSPS) is 10.3. The van der Waals surface area contributed by atoms with Crippen molar-refractivity contribution >= 4 is 17.6 Å². The van der Waals surface area contributed by atoms with Crippen LogP contribution in [0.1, 0.15) is 17.3 Å². The minimum atomic E-state index is -0.379. The standard InChI is InChI=1S/C18H16N4O3/c1-2-25-17(23)14-4-3-5-15(12-14)20-18-19-9-6-16(21-18)13-7-10-22(24)11-8-13/h3-12H,2H2,1H3,(H,19,20,21). The van der Waals surface area contributed by atoms with E-state index >= 15 is 0 Å². The van der Waals surface area contributed by atoms with Crippen molar-refractivity contribution in [2.45, 2.75) is 6.92 Å². The van der Waals surface area contributed by atoms with Gasteiger partial charge in [-0.1, -0.05) is 6.07 Å². The summed E-state index contributed by atoms with van der Waals surface area (Å²) in [6, 6.07) is 12.0. The number of carbonyl (C=O) groups excluding carboxylic acids is 1. The lowest BCUT2D eigenvalue weighted by Crippen LogP contribution is -2.23. The number of rotatable bonds is 5. The van der Waals surface area contributed by atoms with Crippen LogP contribution in [0.15, 0.2) is 61.1 Å². The van der Waals surface area contributed by atoms with E-state index in [-0.39, 0.29) is 5.97 Å². The molecule has 0 atom stereocenters. The zero-order valence-corrected chi connectivity index (χ0v) is 13.5. The fraction of sp³-hybridized carbons (Fsp3) is 0.111. The lowest BCUT2D eigenvalue weighted by atomic mass is 10.2. The summed E-state index contributed by atoms with van der Waals surface area (Å²) in [7, 11) is 0. The third-order valence-electron chi connectivity index (χ3n) is 3.38. The molecule has 0 unspecified atom stereocenters. The second-order valence-electron chi connectivity index (χ2n) is 5.14. The Balaban J connectivity index is 1.82. The van der Waals surface area contributed by atoms with Gasteiger partial charge in [0.2, 0.25) is 5.95 Å². The SMILES string of the molecule is CCOC(=O)c1cccc(Nc2nccc(-c3cc[n+]([O-])cc3)n2)c1. The molecular formula is C18H16N4O3. The van der Waals surface area contributed by atoms with Gasteiger partial charge in [0.1, 0.15) is 0 Å². The molecular weight excluding hydrogens is 320 g/mol. The van der Waals surface area contributed by atoms with Crippen molar-refractivity contribution in [2.75, 3.05) is 11.9 Å². The van der Waals surface area contributed by atoms with Crippen LogP contribution in [0.4, 0.5) is 11.6 Å². The number of nitrogens with zero attached hydrogens (tertiary/aromatic N) is 3. The van der Waals surface area contributed by atoms with Gasteiger partial charge in [-0.25, -0.2) is 14.8 Å². The first kappa shape index (κ1) is 16.4. The first-order chi connectivity index (χ1) is 12.2. The Morgan fingerprint density at radius 2 is 2.04 bits per heavy atom. The average molecular weight is 336 g/mol. The van der Waals surface area contributed by atoms with Crippen molar-refractivity contribution in [1.29, 1.82) is 0 Å². The Kier molecular flexibility index (Phi) is 4.84. The number of anilines is 2. The van der Waals surface area contributed by atoms with Gasteiger partial charge in [-0.05, 0) is 31.2 Å². The van der Waals surface area contributed by atoms with Gasteiger partial charge in [-0.3, -0.25) is 0 Å². The van der Waals surface area contributed by atoms with Crippen LogP contribution >= 0.6 is 0 Å². The number of aromatic nitrogens is 3. The summed E-state index contributed by atoms with van der Waals surface area (Å²) in [5.74, 6) is 0.00776. The van der Waals surface area contributed by atoms with Gasteiger partial charge in [0.15, 0.2) is 12.4 Å². The predicted octanol–water partition coefficient (Wildman–Crippen LogP) is 2.70. The van der Waals surface area contributed by atoms with Crippen LogP contribution in [-0.4, -0.2) is 22.5 Å². The van der Waals surface area contributed by atoms with Crippen molar-refractivity contribution in [1.82, 2.24) is 9.97 Å². The van der Waals surface area contributed by atoms with Crippen LogP contribution in [-0.2, 0) is 4.74 Å². The van der Waals surface area contributed by atoms with Gasteiger partial charge >= 0.3 is 5.97 Å². The maximum absolute atomic E-state index is 11.8. The Morgan fingerprint density at radius 1 is 1.24 bits per heavy atom. The molecule has 0 radical (unpaired) electrons. The molecule has 2 aromatic heterocycles. The number of ether oxygens (including phenoxy) is 1. The zero-order chi connectivity index (χ0) is 17.6. The Labute approximate surface area is 144 Å². The molecule has 7 heteroatoms.